The maximum atomic E-state index is 8.15. The van der Waals surface area contributed by atoms with Gasteiger partial charge in [-0.15, -0.1) is 0 Å². The fourth-order valence-corrected chi connectivity index (χ4v) is 4.28. The van der Waals surface area contributed by atoms with Crippen LogP contribution in [-0.2, 0) is 43.5 Å². The summed E-state index contributed by atoms with van der Waals surface area (Å²) in [5.74, 6) is -0.571. The number of nitrogens with one attached hydrogen (secondary N) is 1. The van der Waals surface area contributed by atoms with Gasteiger partial charge in [-0.1, -0.05) is 126 Å². The fraction of sp³-hybridized carbons (Fsp3) is 0.345. The molecule has 1 aliphatic rings. The van der Waals surface area contributed by atoms with E-state index >= 15 is 0 Å². The second-order valence-corrected chi connectivity index (χ2v) is 11.2. The smallest absolute Gasteiger partial charge is 0.265 e. The van der Waals surface area contributed by atoms with Crippen molar-refractivity contribution in [3.8, 4) is 0 Å². The van der Waals surface area contributed by atoms with Crippen LogP contribution in [0.4, 0.5) is 0 Å². The second-order valence-electron chi connectivity index (χ2n) is 8.94. The van der Waals surface area contributed by atoms with Crippen molar-refractivity contribution in [2.24, 2.45) is 0 Å². The molecule has 38 heavy (non-hydrogen) atoms. The first-order valence-electron chi connectivity index (χ1n) is 12.3. The Bertz CT molecular complexity index is 1130. The summed E-state index contributed by atoms with van der Waals surface area (Å²) in [5.41, 5.74) is 2.95. The van der Waals surface area contributed by atoms with Gasteiger partial charge in [-0.3, -0.25) is 5.41 Å². The molecular formula is C29H30Cl3NO5. The molecule has 1 N–H and O–H groups in total. The van der Waals surface area contributed by atoms with Crippen LogP contribution in [0.5, 0.6) is 0 Å². The molecule has 1 saturated heterocycles. The SMILES string of the molecule is C[C@@H]1O[C@H](OC(=N)C(Cl)(Cl)Cl)[C@@H](OCc2ccccc2)[C@H](OCc2ccccc2)[C@@H]1OCc1ccccc1. The van der Waals surface area contributed by atoms with Crippen molar-refractivity contribution >= 4 is 40.7 Å². The minimum absolute atomic E-state index is 0.251. The molecule has 4 rings (SSSR count). The van der Waals surface area contributed by atoms with E-state index in [0.717, 1.165) is 16.7 Å². The molecule has 0 saturated carbocycles. The number of halogens is 3. The van der Waals surface area contributed by atoms with Crippen LogP contribution in [0.3, 0.4) is 0 Å². The third-order valence-corrected chi connectivity index (χ3v) is 6.59. The van der Waals surface area contributed by atoms with Crippen LogP contribution in [-0.4, -0.2) is 40.4 Å². The van der Waals surface area contributed by atoms with Gasteiger partial charge >= 0.3 is 0 Å². The lowest BCUT2D eigenvalue weighted by Crippen LogP contribution is -2.60. The van der Waals surface area contributed by atoms with Gasteiger partial charge in [-0.2, -0.15) is 0 Å². The summed E-state index contributed by atoms with van der Waals surface area (Å²) in [4.78, 5) is 0. The number of benzene rings is 3. The van der Waals surface area contributed by atoms with Crippen LogP contribution in [0.25, 0.3) is 0 Å². The van der Waals surface area contributed by atoms with Crippen LogP contribution in [0.15, 0.2) is 91.0 Å². The third-order valence-electron chi connectivity index (χ3n) is 6.07. The molecule has 0 spiro atoms. The van der Waals surface area contributed by atoms with Crippen LogP contribution in [0, 0.1) is 5.41 Å². The Morgan fingerprint density at radius 3 is 1.50 bits per heavy atom. The summed E-state index contributed by atoms with van der Waals surface area (Å²) in [6, 6.07) is 29.4. The molecule has 3 aromatic rings. The van der Waals surface area contributed by atoms with E-state index in [-0.39, 0.29) is 6.61 Å². The Morgan fingerprint density at radius 2 is 1.08 bits per heavy atom. The Morgan fingerprint density at radius 1 is 0.684 bits per heavy atom. The Hall–Kier alpha value is -2.16. The minimum atomic E-state index is -2.06. The molecule has 1 fully saturated rings. The molecular weight excluding hydrogens is 549 g/mol. The molecule has 202 valence electrons. The number of alkyl halides is 3. The van der Waals surface area contributed by atoms with E-state index in [1.54, 1.807) is 0 Å². The van der Waals surface area contributed by atoms with Gasteiger partial charge in [0.25, 0.3) is 3.79 Å². The first-order valence-corrected chi connectivity index (χ1v) is 13.4. The predicted octanol–water partition coefficient (Wildman–Crippen LogP) is 6.85. The van der Waals surface area contributed by atoms with E-state index in [0.29, 0.717) is 13.2 Å². The van der Waals surface area contributed by atoms with Crippen LogP contribution >= 0.6 is 34.8 Å². The van der Waals surface area contributed by atoms with E-state index in [9.17, 15) is 0 Å². The monoisotopic (exact) mass is 577 g/mol. The highest BCUT2D eigenvalue weighted by Crippen LogP contribution is 2.34. The van der Waals surface area contributed by atoms with Gasteiger partial charge in [-0.05, 0) is 23.6 Å². The van der Waals surface area contributed by atoms with Crippen molar-refractivity contribution in [1.82, 2.24) is 0 Å². The fourth-order valence-electron chi connectivity index (χ4n) is 4.15. The highest BCUT2D eigenvalue weighted by molar-refractivity contribution is 6.76. The summed E-state index contributed by atoms with van der Waals surface area (Å²) >= 11 is 17.7. The standard InChI is InChI=1S/C29H30Cl3NO5/c1-20-24(34-17-21-11-5-2-6-12-21)25(35-18-22-13-7-3-8-14-22)26(36-19-23-15-9-4-10-16-23)27(37-20)38-28(33)29(30,31)32/h2-16,20,24-27,33H,17-19H2,1H3/t20-,24+,25+,26-,27+/m0/s1. The van der Waals surface area contributed by atoms with Crippen LogP contribution in [0.2, 0.25) is 0 Å². The molecule has 0 radical (unpaired) electrons. The predicted molar refractivity (Wildman–Crippen MR) is 148 cm³/mol. The largest absolute Gasteiger partial charge is 0.445 e. The number of ether oxygens (including phenoxy) is 5. The minimum Gasteiger partial charge on any atom is -0.445 e. The van der Waals surface area contributed by atoms with Crippen molar-refractivity contribution in [2.75, 3.05) is 0 Å². The van der Waals surface area contributed by atoms with Gasteiger partial charge in [0.2, 0.25) is 12.2 Å². The molecule has 1 aliphatic heterocycles. The summed E-state index contributed by atoms with van der Waals surface area (Å²) in [7, 11) is 0. The van der Waals surface area contributed by atoms with Crippen molar-refractivity contribution < 1.29 is 23.7 Å². The zero-order chi connectivity index (χ0) is 27.0. The summed E-state index contributed by atoms with van der Waals surface area (Å²) in [5, 5.41) is 8.15. The Labute approximate surface area is 238 Å². The molecule has 9 heteroatoms. The van der Waals surface area contributed by atoms with E-state index in [4.69, 9.17) is 63.9 Å². The first-order chi connectivity index (χ1) is 18.3. The van der Waals surface area contributed by atoms with Gasteiger partial charge < -0.3 is 23.7 Å². The highest BCUT2D eigenvalue weighted by Gasteiger charge is 2.49. The Kier molecular flexibility index (Phi) is 10.4. The lowest BCUT2D eigenvalue weighted by molar-refractivity contribution is -0.304. The lowest BCUT2D eigenvalue weighted by Gasteiger charge is -2.45. The average molecular weight is 579 g/mol. The maximum absolute atomic E-state index is 8.15. The third kappa shape index (κ3) is 8.17. The van der Waals surface area contributed by atoms with E-state index in [1.165, 1.54) is 0 Å². The molecule has 0 bridgehead atoms. The number of rotatable bonds is 10. The molecule has 0 unspecified atom stereocenters. The lowest BCUT2D eigenvalue weighted by atomic mass is 9.98. The average Bonchev–Trinajstić information content (AvgIpc) is 2.92. The maximum Gasteiger partial charge on any atom is 0.265 e. The topological polar surface area (TPSA) is 70.0 Å². The first kappa shape index (κ1) is 28.8. The molecule has 0 aromatic heterocycles. The molecule has 0 amide bonds. The zero-order valence-corrected chi connectivity index (χ0v) is 23.1. The van der Waals surface area contributed by atoms with Crippen molar-refractivity contribution in [2.45, 2.75) is 61.2 Å². The summed E-state index contributed by atoms with van der Waals surface area (Å²) < 4.78 is 29.0. The van der Waals surface area contributed by atoms with Gasteiger partial charge in [-0.25, -0.2) is 0 Å². The van der Waals surface area contributed by atoms with Gasteiger partial charge in [0, 0.05) is 0 Å². The van der Waals surface area contributed by atoms with Gasteiger partial charge in [0.05, 0.1) is 25.9 Å². The van der Waals surface area contributed by atoms with Crippen LogP contribution < -0.4 is 0 Å². The summed E-state index contributed by atoms with van der Waals surface area (Å²) in [6.07, 6.45) is -3.50. The van der Waals surface area contributed by atoms with E-state index in [2.05, 4.69) is 0 Å². The highest BCUT2D eigenvalue weighted by atomic mass is 35.6. The molecule has 5 atom stereocenters. The Balaban J connectivity index is 1.61. The molecule has 1 heterocycles. The van der Waals surface area contributed by atoms with E-state index in [1.807, 2.05) is 97.9 Å². The van der Waals surface area contributed by atoms with Gasteiger partial charge in [0.15, 0.2) is 0 Å². The number of hydrogen-bond acceptors (Lipinski definition) is 6. The molecule has 0 aliphatic carbocycles. The van der Waals surface area contributed by atoms with Crippen LogP contribution in [0.1, 0.15) is 23.6 Å². The molecule has 6 nitrogen and oxygen atoms in total. The number of hydrogen-bond donors (Lipinski definition) is 1. The van der Waals surface area contributed by atoms with Crippen molar-refractivity contribution in [1.29, 1.82) is 5.41 Å². The molecule has 3 aromatic carbocycles. The van der Waals surface area contributed by atoms with Crippen molar-refractivity contribution in [3.05, 3.63) is 108 Å². The van der Waals surface area contributed by atoms with Crippen molar-refractivity contribution in [3.63, 3.8) is 0 Å². The second kappa shape index (κ2) is 13.8. The van der Waals surface area contributed by atoms with Gasteiger partial charge in [0.1, 0.15) is 18.3 Å². The summed E-state index contributed by atoms with van der Waals surface area (Å²) in [6.45, 7) is 2.77. The quantitative estimate of drug-likeness (QED) is 0.162. The zero-order valence-electron chi connectivity index (χ0n) is 20.8. The normalized spacial score (nSPS) is 23.6. The van der Waals surface area contributed by atoms with E-state index < -0.39 is 40.4 Å².